The molecule has 0 spiro atoms. The maximum Gasteiger partial charge on any atom is 0.226 e. The number of hydrogen-bond donors (Lipinski definition) is 0. The third-order valence-electron chi connectivity index (χ3n) is 5.94. The van der Waals surface area contributed by atoms with E-state index in [1.807, 2.05) is 24.8 Å². The third-order valence-corrected chi connectivity index (χ3v) is 6.18. The summed E-state index contributed by atoms with van der Waals surface area (Å²) in [4.78, 5) is 17.7. The molecule has 1 saturated heterocycles. The first-order chi connectivity index (χ1) is 13.8. The van der Waals surface area contributed by atoms with Crippen LogP contribution >= 0.6 is 11.6 Å². The summed E-state index contributed by atoms with van der Waals surface area (Å²) in [6, 6.07) is 13.2. The first-order valence-electron chi connectivity index (χ1n) is 10.3. The fraction of sp³-hybridized carbons (Fsp3) is 0.458. The van der Waals surface area contributed by atoms with Gasteiger partial charge in [0.1, 0.15) is 5.82 Å². The molecule has 5 heteroatoms. The minimum absolute atomic E-state index is 0.104. The Morgan fingerprint density at radius 3 is 2.55 bits per heavy atom. The molecule has 0 aliphatic carbocycles. The van der Waals surface area contributed by atoms with E-state index in [1.165, 1.54) is 17.3 Å². The molecule has 29 heavy (non-hydrogen) atoms. The smallest absolute Gasteiger partial charge is 0.226 e. The molecule has 2 aromatic carbocycles. The average Bonchev–Trinajstić information content (AvgIpc) is 2.67. The minimum atomic E-state index is -0.339. The zero-order valence-electron chi connectivity index (χ0n) is 17.7. The van der Waals surface area contributed by atoms with E-state index in [2.05, 4.69) is 36.9 Å². The quantitative estimate of drug-likeness (QED) is 0.656. The van der Waals surface area contributed by atoms with Gasteiger partial charge < -0.3 is 9.80 Å². The van der Waals surface area contributed by atoms with Crippen molar-refractivity contribution in [1.82, 2.24) is 4.90 Å². The summed E-state index contributed by atoms with van der Waals surface area (Å²) < 4.78 is 14.3. The molecule has 1 aliphatic heterocycles. The molecule has 1 fully saturated rings. The summed E-state index contributed by atoms with van der Waals surface area (Å²) in [7, 11) is 0. The van der Waals surface area contributed by atoms with E-state index in [9.17, 15) is 9.18 Å². The number of halogens is 2. The Hall–Kier alpha value is -2.07. The molecule has 2 aromatic rings. The number of amides is 1. The minimum Gasteiger partial charge on any atom is -0.367 e. The van der Waals surface area contributed by atoms with Crippen LogP contribution in [0.5, 0.6) is 0 Å². The van der Waals surface area contributed by atoms with Crippen LogP contribution in [-0.4, -0.2) is 36.5 Å². The number of para-hydroxylation sites is 1. The first-order valence-corrected chi connectivity index (χ1v) is 10.7. The van der Waals surface area contributed by atoms with Crippen LogP contribution in [0.2, 0.25) is 5.02 Å². The zero-order chi connectivity index (χ0) is 21.1. The fourth-order valence-corrected chi connectivity index (χ4v) is 4.33. The van der Waals surface area contributed by atoms with Gasteiger partial charge >= 0.3 is 0 Å². The van der Waals surface area contributed by atoms with Gasteiger partial charge in [-0.1, -0.05) is 49.7 Å². The van der Waals surface area contributed by atoms with Gasteiger partial charge in [-0.25, -0.2) is 4.39 Å². The van der Waals surface area contributed by atoms with E-state index in [0.717, 1.165) is 13.1 Å². The molecule has 156 valence electrons. The van der Waals surface area contributed by atoms with Crippen molar-refractivity contribution in [2.75, 3.05) is 24.5 Å². The molecular formula is C24H30ClFN2O. The molecule has 0 radical (unpaired) electrons. The highest BCUT2D eigenvalue weighted by atomic mass is 35.5. The Kier molecular flexibility index (Phi) is 6.84. The Morgan fingerprint density at radius 2 is 1.93 bits per heavy atom. The molecule has 3 rings (SSSR count). The van der Waals surface area contributed by atoms with Crippen LogP contribution in [0.25, 0.3) is 0 Å². The lowest BCUT2D eigenvalue weighted by Crippen LogP contribution is -2.56. The monoisotopic (exact) mass is 416 g/mol. The number of benzene rings is 2. The highest BCUT2D eigenvalue weighted by Crippen LogP contribution is 2.27. The summed E-state index contributed by atoms with van der Waals surface area (Å²) in [5, 5.41) is 0.375. The zero-order valence-corrected chi connectivity index (χ0v) is 18.4. The number of aryl methyl sites for hydroxylation is 1. The van der Waals surface area contributed by atoms with Gasteiger partial charge in [0.25, 0.3) is 0 Å². The second-order valence-corrected chi connectivity index (χ2v) is 8.84. The molecule has 0 bridgehead atoms. The molecule has 2 unspecified atom stereocenters. The number of hydrogen-bond acceptors (Lipinski definition) is 2. The van der Waals surface area contributed by atoms with Crippen molar-refractivity contribution in [3.63, 3.8) is 0 Å². The van der Waals surface area contributed by atoms with Crippen molar-refractivity contribution in [2.45, 2.75) is 40.2 Å². The van der Waals surface area contributed by atoms with Crippen LogP contribution in [0.15, 0.2) is 42.5 Å². The van der Waals surface area contributed by atoms with Crippen molar-refractivity contribution in [3.05, 3.63) is 64.4 Å². The Labute approximate surface area is 178 Å². The van der Waals surface area contributed by atoms with Crippen molar-refractivity contribution in [2.24, 2.45) is 11.8 Å². The summed E-state index contributed by atoms with van der Waals surface area (Å²) in [5.41, 5.74) is 3.03. The number of nitrogens with zero attached hydrogens (tertiary/aromatic N) is 2. The molecule has 1 amide bonds. The standard InChI is InChI=1S/C24H30ClFN2O/c1-16(2)21(13-19-9-10-20(25)14-22(19)26)24(29)28-12-11-27(15-18(28)4)23-8-6-5-7-17(23)3/h5-10,14,16,18,21H,11-13,15H2,1-4H3. The molecule has 0 aromatic heterocycles. The molecule has 0 N–H and O–H groups in total. The summed E-state index contributed by atoms with van der Waals surface area (Å²) in [6.45, 7) is 10.6. The average molecular weight is 417 g/mol. The molecule has 0 saturated carbocycles. The second kappa shape index (κ2) is 9.17. The topological polar surface area (TPSA) is 23.6 Å². The summed E-state index contributed by atoms with van der Waals surface area (Å²) >= 11 is 5.87. The first kappa shape index (κ1) is 21.6. The van der Waals surface area contributed by atoms with Crippen LogP contribution in [0.1, 0.15) is 31.9 Å². The Balaban J connectivity index is 1.73. The van der Waals surface area contributed by atoms with Gasteiger partial charge in [-0.15, -0.1) is 0 Å². The molecular weight excluding hydrogens is 387 g/mol. The third kappa shape index (κ3) is 4.92. The van der Waals surface area contributed by atoms with Crippen molar-refractivity contribution < 1.29 is 9.18 Å². The van der Waals surface area contributed by atoms with Gasteiger partial charge in [0.2, 0.25) is 5.91 Å². The van der Waals surface area contributed by atoms with Gasteiger partial charge in [-0.2, -0.15) is 0 Å². The van der Waals surface area contributed by atoms with Crippen LogP contribution in [-0.2, 0) is 11.2 Å². The van der Waals surface area contributed by atoms with Gasteiger partial charge in [0.15, 0.2) is 0 Å². The van der Waals surface area contributed by atoms with E-state index in [1.54, 1.807) is 12.1 Å². The number of carbonyl (C=O) groups is 1. The van der Waals surface area contributed by atoms with Gasteiger partial charge in [0.05, 0.1) is 0 Å². The van der Waals surface area contributed by atoms with Gasteiger partial charge in [0, 0.05) is 42.3 Å². The SMILES string of the molecule is Cc1ccccc1N1CCN(C(=O)C(Cc2ccc(Cl)cc2F)C(C)C)C(C)C1. The predicted molar refractivity (Wildman–Crippen MR) is 118 cm³/mol. The number of carbonyl (C=O) groups excluding carboxylic acids is 1. The van der Waals surface area contributed by atoms with E-state index in [-0.39, 0.29) is 29.6 Å². The van der Waals surface area contributed by atoms with Crippen LogP contribution in [0.3, 0.4) is 0 Å². The van der Waals surface area contributed by atoms with Crippen molar-refractivity contribution in [3.8, 4) is 0 Å². The molecule has 1 aliphatic rings. The summed E-state index contributed by atoms with van der Waals surface area (Å²) in [5.74, 6) is -0.350. The Morgan fingerprint density at radius 1 is 1.21 bits per heavy atom. The molecule has 1 heterocycles. The fourth-order valence-electron chi connectivity index (χ4n) is 4.17. The van der Waals surface area contributed by atoms with Crippen molar-refractivity contribution >= 4 is 23.2 Å². The number of piperazine rings is 1. The lowest BCUT2D eigenvalue weighted by molar-refractivity contribution is -0.139. The van der Waals surface area contributed by atoms with Crippen LogP contribution in [0, 0.1) is 24.6 Å². The Bertz CT molecular complexity index is 870. The lowest BCUT2D eigenvalue weighted by atomic mass is 9.87. The number of anilines is 1. The van der Waals surface area contributed by atoms with Gasteiger partial charge in [-0.3, -0.25) is 4.79 Å². The molecule has 3 nitrogen and oxygen atoms in total. The highest BCUT2D eigenvalue weighted by Gasteiger charge is 2.34. The maximum absolute atomic E-state index is 14.3. The lowest BCUT2D eigenvalue weighted by Gasteiger charge is -2.43. The van der Waals surface area contributed by atoms with E-state index >= 15 is 0 Å². The van der Waals surface area contributed by atoms with E-state index in [4.69, 9.17) is 11.6 Å². The largest absolute Gasteiger partial charge is 0.367 e. The maximum atomic E-state index is 14.3. The highest BCUT2D eigenvalue weighted by molar-refractivity contribution is 6.30. The number of rotatable bonds is 5. The van der Waals surface area contributed by atoms with Crippen LogP contribution < -0.4 is 4.90 Å². The van der Waals surface area contributed by atoms with E-state index in [0.29, 0.717) is 23.6 Å². The predicted octanol–water partition coefficient (Wildman–Crippen LogP) is 5.34. The van der Waals surface area contributed by atoms with E-state index < -0.39 is 0 Å². The van der Waals surface area contributed by atoms with Crippen LogP contribution in [0.4, 0.5) is 10.1 Å². The van der Waals surface area contributed by atoms with Crippen molar-refractivity contribution in [1.29, 1.82) is 0 Å². The normalized spacial score (nSPS) is 18.2. The van der Waals surface area contributed by atoms with Gasteiger partial charge in [-0.05, 0) is 55.5 Å². The summed E-state index contributed by atoms with van der Waals surface area (Å²) in [6.07, 6.45) is 0.393. The second-order valence-electron chi connectivity index (χ2n) is 8.40. The molecule has 2 atom stereocenters.